The minimum atomic E-state index is -0.712. The second kappa shape index (κ2) is 13.2. The first-order valence-electron chi connectivity index (χ1n) is 8.99. The second-order valence-electron chi connectivity index (χ2n) is 5.94. The lowest BCUT2D eigenvalue weighted by Crippen LogP contribution is -2.16. The van der Waals surface area contributed by atoms with Crippen LogP contribution >= 0.6 is 0 Å². The number of nitrogens with zero attached hydrogens (tertiary/aromatic N) is 2. The van der Waals surface area contributed by atoms with Crippen LogP contribution in [0.2, 0.25) is 0 Å². The number of rotatable bonds is 11. The average molecular weight is 394 g/mol. The molecule has 150 valence electrons. The smallest absolute Gasteiger partial charge is 0.269 e. The summed E-state index contributed by atoms with van der Waals surface area (Å²) in [6.07, 6.45) is 9.51. The van der Waals surface area contributed by atoms with E-state index < -0.39 is 5.91 Å². The number of aliphatic hydroxyl groups is 1. The van der Waals surface area contributed by atoms with E-state index in [4.69, 9.17) is 21.7 Å². The van der Waals surface area contributed by atoms with Crippen molar-refractivity contribution >= 4 is 17.5 Å². The van der Waals surface area contributed by atoms with Gasteiger partial charge in [0.05, 0.1) is 6.61 Å². The van der Waals surface area contributed by atoms with E-state index in [2.05, 4.69) is 16.6 Å². The van der Waals surface area contributed by atoms with Gasteiger partial charge in [-0.25, -0.2) is 0 Å². The summed E-state index contributed by atoms with van der Waals surface area (Å²) >= 11 is 0. The number of carbonyl (C=O) groups excluding carboxylic acids is 2. The lowest BCUT2D eigenvalue weighted by molar-refractivity contribution is -0.120. The van der Waals surface area contributed by atoms with Crippen molar-refractivity contribution in [1.82, 2.24) is 5.32 Å². The van der Waals surface area contributed by atoms with Gasteiger partial charge in [0.2, 0.25) is 5.91 Å². The number of aliphatic hydroxyl groups excluding tert-OH is 1. The molecule has 0 saturated heterocycles. The molecule has 0 unspecified atom stereocenters. The Kier molecular flexibility index (Phi) is 10.5. The van der Waals surface area contributed by atoms with Gasteiger partial charge in [0.15, 0.2) is 11.8 Å². The minimum absolute atomic E-state index is 0.0581. The Morgan fingerprint density at radius 1 is 1.10 bits per heavy atom. The SMILES string of the molecule is C#CCC/C(O)=C(\C#N)C(=O)Nc1ccc(OCCCCCC(=O)NC#N)cc1. The van der Waals surface area contributed by atoms with Crippen LogP contribution in [0.5, 0.6) is 5.75 Å². The predicted molar refractivity (Wildman–Crippen MR) is 106 cm³/mol. The van der Waals surface area contributed by atoms with Crippen LogP contribution in [0.1, 0.15) is 38.5 Å². The van der Waals surface area contributed by atoms with Gasteiger partial charge in [-0.05, 0) is 43.5 Å². The van der Waals surface area contributed by atoms with E-state index in [9.17, 15) is 14.7 Å². The summed E-state index contributed by atoms with van der Waals surface area (Å²) in [4.78, 5) is 23.2. The Morgan fingerprint density at radius 2 is 1.83 bits per heavy atom. The largest absolute Gasteiger partial charge is 0.511 e. The van der Waals surface area contributed by atoms with Gasteiger partial charge in [0.25, 0.3) is 5.91 Å². The Labute approximate surface area is 169 Å². The van der Waals surface area contributed by atoms with Crippen molar-refractivity contribution in [2.75, 3.05) is 11.9 Å². The molecule has 0 bridgehead atoms. The number of unbranched alkanes of at least 4 members (excludes halogenated alkanes) is 2. The van der Waals surface area contributed by atoms with Crippen molar-refractivity contribution in [3.05, 3.63) is 35.6 Å². The molecule has 29 heavy (non-hydrogen) atoms. The highest BCUT2D eigenvalue weighted by molar-refractivity contribution is 6.06. The van der Waals surface area contributed by atoms with E-state index in [1.165, 1.54) is 0 Å². The number of nitrogens with one attached hydrogen (secondary N) is 2. The van der Waals surface area contributed by atoms with Crippen molar-refractivity contribution in [2.45, 2.75) is 38.5 Å². The van der Waals surface area contributed by atoms with Crippen molar-refractivity contribution in [1.29, 1.82) is 10.5 Å². The molecular weight excluding hydrogens is 372 g/mol. The van der Waals surface area contributed by atoms with E-state index in [-0.39, 0.29) is 30.1 Å². The van der Waals surface area contributed by atoms with Gasteiger partial charge in [-0.1, -0.05) is 0 Å². The molecular formula is C21H22N4O4. The molecule has 0 heterocycles. The Hall–Kier alpha value is -3.96. The van der Waals surface area contributed by atoms with Crippen LogP contribution in [0, 0.1) is 35.1 Å². The van der Waals surface area contributed by atoms with Crippen LogP contribution < -0.4 is 15.4 Å². The van der Waals surface area contributed by atoms with Crippen LogP contribution in [0.15, 0.2) is 35.6 Å². The van der Waals surface area contributed by atoms with Crippen molar-refractivity contribution in [3.63, 3.8) is 0 Å². The molecule has 0 spiro atoms. The maximum absolute atomic E-state index is 12.1. The zero-order valence-corrected chi connectivity index (χ0v) is 15.9. The number of nitriles is 2. The number of benzene rings is 1. The third-order valence-corrected chi connectivity index (χ3v) is 3.76. The van der Waals surface area contributed by atoms with Gasteiger partial charge in [-0.3, -0.25) is 14.9 Å². The van der Waals surface area contributed by atoms with Crippen molar-refractivity contribution < 1.29 is 19.4 Å². The maximum atomic E-state index is 12.1. The summed E-state index contributed by atoms with van der Waals surface area (Å²) in [5.74, 6) is 1.60. The Bertz CT molecular complexity index is 855. The van der Waals surface area contributed by atoms with Crippen LogP contribution in [-0.4, -0.2) is 23.5 Å². The van der Waals surface area contributed by atoms with Gasteiger partial charge >= 0.3 is 0 Å². The van der Waals surface area contributed by atoms with Gasteiger partial charge in [-0.2, -0.15) is 10.5 Å². The monoisotopic (exact) mass is 394 g/mol. The van der Waals surface area contributed by atoms with Crippen LogP contribution in [0.4, 0.5) is 5.69 Å². The van der Waals surface area contributed by atoms with E-state index in [0.717, 1.165) is 12.8 Å². The number of hydrogen-bond donors (Lipinski definition) is 3. The molecule has 0 aliphatic carbocycles. The highest BCUT2D eigenvalue weighted by Crippen LogP contribution is 2.18. The highest BCUT2D eigenvalue weighted by Gasteiger charge is 2.15. The summed E-state index contributed by atoms with van der Waals surface area (Å²) in [6.45, 7) is 0.468. The average Bonchev–Trinajstić information content (AvgIpc) is 2.71. The molecule has 1 aromatic carbocycles. The first-order chi connectivity index (χ1) is 14.0. The van der Waals surface area contributed by atoms with Crippen LogP contribution in [0.3, 0.4) is 0 Å². The molecule has 0 aliphatic rings. The fraction of sp³-hybridized carbons (Fsp3) is 0.333. The molecule has 1 aromatic rings. The number of amides is 2. The first-order valence-corrected chi connectivity index (χ1v) is 8.99. The third-order valence-electron chi connectivity index (χ3n) is 3.76. The molecule has 3 N–H and O–H groups in total. The third kappa shape index (κ3) is 8.99. The molecule has 2 amide bonds. The molecule has 0 fully saturated rings. The van der Waals surface area contributed by atoms with Crippen LogP contribution in [0.25, 0.3) is 0 Å². The van der Waals surface area contributed by atoms with Gasteiger partial charge in [0.1, 0.15) is 17.6 Å². The van der Waals surface area contributed by atoms with Gasteiger partial charge < -0.3 is 15.2 Å². The highest BCUT2D eigenvalue weighted by atomic mass is 16.5. The molecule has 0 aliphatic heterocycles. The summed E-state index contributed by atoms with van der Waals surface area (Å²) in [7, 11) is 0. The maximum Gasteiger partial charge on any atom is 0.269 e. The van der Waals surface area contributed by atoms with Crippen molar-refractivity contribution in [2.24, 2.45) is 0 Å². The van der Waals surface area contributed by atoms with Crippen LogP contribution in [-0.2, 0) is 9.59 Å². The molecule has 0 aromatic heterocycles. The number of allylic oxidation sites excluding steroid dienone is 1. The lowest BCUT2D eigenvalue weighted by Gasteiger charge is -2.09. The lowest BCUT2D eigenvalue weighted by atomic mass is 10.1. The number of hydrogen-bond acceptors (Lipinski definition) is 6. The minimum Gasteiger partial charge on any atom is -0.511 e. The van der Waals surface area contributed by atoms with E-state index in [1.807, 2.05) is 0 Å². The summed E-state index contributed by atoms with van der Waals surface area (Å²) in [6, 6.07) is 8.26. The fourth-order valence-corrected chi connectivity index (χ4v) is 2.27. The standard InChI is InChI=1S/C21H22N4O4/c1-2-3-7-19(26)18(14-22)21(28)25-16-9-11-17(12-10-16)29-13-6-4-5-8-20(27)24-15-23/h1,9-12,26H,3-8,13H2,(H,24,27)(H,25,28)/b19-18-. The van der Waals surface area contributed by atoms with Crippen molar-refractivity contribution in [3.8, 4) is 30.4 Å². The Morgan fingerprint density at radius 3 is 2.45 bits per heavy atom. The number of anilines is 1. The molecule has 0 saturated carbocycles. The summed E-state index contributed by atoms with van der Waals surface area (Å²) < 4.78 is 5.59. The zero-order valence-electron chi connectivity index (χ0n) is 15.9. The molecule has 0 radical (unpaired) electrons. The van der Waals surface area contributed by atoms with E-state index in [1.54, 1.807) is 36.5 Å². The van der Waals surface area contributed by atoms with E-state index in [0.29, 0.717) is 30.9 Å². The topological polar surface area (TPSA) is 135 Å². The predicted octanol–water partition coefficient (Wildman–Crippen LogP) is 2.91. The molecule has 8 heteroatoms. The zero-order chi connectivity index (χ0) is 21.5. The molecule has 8 nitrogen and oxygen atoms in total. The van der Waals surface area contributed by atoms with E-state index >= 15 is 0 Å². The number of carbonyl (C=O) groups is 2. The Balaban J connectivity index is 2.43. The quantitative estimate of drug-likeness (QED) is 0.100. The second-order valence-corrected chi connectivity index (χ2v) is 5.94. The normalized spacial score (nSPS) is 10.5. The first kappa shape index (κ1) is 23.1. The van der Waals surface area contributed by atoms with Gasteiger partial charge in [-0.15, -0.1) is 12.3 Å². The summed E-state index contributed by atoms with van der Waals surface area (Å²) in [5.41, 5.74) is 0.0763. The number of ether oxygens (including phenoxy) is 1. The number of terminal acetylenes is 1. The summed E-state index contributed by atoms with van der Waals surface area (Å²) in [5, 5.41) is 31.8. The van der Waals surface area contributed by atoms with Gasteiger partial charge in [0, 0.05) is 24.9 Å². The fourth-order valence-electron chi connectivity index (χ4n) is 2.27. The molecule has 1 rings (SSSR count). The molecule has 0 atom stereocenters.